The van der Waals surface area contributed by atoms with Gasteiger partial charge in [0.15, 0.2) is 8.65 Å². The molecule has 6 aromatic rings. The molecule has 0 radical (unpaired) electrons. The van der Waals surface area contributed by atoms with Crippen molar-refractivity contribution in [2.24, 2.45) is 0 Å². The molecular weight excluding hydrogens is 1120 g/mol. The average Bonchev–Trinajstić information content (AvgIpc) is 4.01. The van der Waals surface area contributed by atoms with Gasteiger partial charge in [0.25, 0.3) is 0 Å². The monoisotopic (exact) mass is 1160 g/mol. The molecule has 0 saturated heterocycles. The van der Waals surface area contributed by atoms with Crippen molar-refractivity contribution in [1.82, 2.24) is 0 Å². The molecule has 6 aromatic carbocycles. The van der Waals surface area contributed by atoms with Gasteiger partial charge in [0.1, 0.15) is 56.2 Å². The SMILES string of the molecule is COC(=O)C1=C(SCCCCSC2=C(C(=O)OC)SC([P+](c3ccccc3)(c3ccccc3)c3ccccc3)S2)SC([P+](c2ccccc2)(c2ccccc2)c2ccccc2)S1.[O-][Cl+3]([O-])([O-])[O-].[O-][Cl+3]([O-])([O-])[O-]. The van der Waals surface area contributed by atoms with E-state index in [1.54, 1.807) is 47.0 Å². The second kappa shape index (κ2) is 27.7. The normalized spacial score (nSPS) is 16.0. The Balaban J connectivity index is 0.000000772. The highest BCUT2D eigenvalue weighted by atomic mass is 35.7. The number of methoxy groups -OCH3 is 2. The third-order valence-electron chi connectivity index (χ3n) is 10.6. The van der Waals surface area contributed by atoms with E-state index in [9.17, 15) is 9.59 Å². The minimum Gasteiger partial charge on any atom is -0.465 e. The maximum atomic E-state index is 13.5. The molecule has 8 rings (SSSR count). The van der Waals surface area contributed by atoms with E-state index < -0.39 is 35.0 Å². The van der Waals surface area contributed by atoms with E-state index in [4.69, 9.17) is 46.7 Å². The lowest BCUT2D eigenvalue weighted by Gasteiger charge is -2.31. The van der Waals surface area contributed by atoms with E-state index in [0.29, 0.717) is 9.81 Å². The van der Waals surface area contributed by atoms with Crippen LogP contribution in [0.5, 0.6) is 0 Å². The number of benzene rings is 6. The standard InChI is InChI=1S/C50H46O4P2S6.2ClHO4/c1-53-45(51)43-47(61-49(59-43)55(37-23-9-3-10-24-37,38-25-11-4-12-26-38)39-27-13-5-14-28-39)57-35-21-22-36-58-48-44(46(52)54-2)60-50(62-48)56(40-29-15-6-16-30-40,41-31-17-7-18-32-41)42-33-19-8-20-34-42;2*2-1(3,4)5/h3-20,23-34,49-50H,21-22,35-36H2,1-2H3;2*(H,2,3,4,5)/q+2;;/p-2. The van der Waals surface area contributed by atoms with E-state index >= 15 is 0 Å². The zero-order valence-electron chi connectivity index (χ0n) is 38.3. The summed E-state index contributed by atoms with van der Waals surface area (Å²) in [6, 6.07) is 65.1. The zero-order chi connectivity index (χ0) is 51.8. The molecule has 0 bridgehead atoms. The van der Waals surface area contributed by atoms with Crippen LogP contribution in [0.25, 0.3) is 0 Å². The van der Waals surface area contributed by atoms with E-state index in [1.165, 1.54) is 46.0 Å². The summed E-state index contributed by atoms with van der Waals surface area (Å²) in [4.78, 5) is 28.4. The minimum atomic E-state index is -4.94. The molecule has 378 valence electrons. The highest BCUT2D eigenvalue weighted by Gasteiger charge is 2.58. The molecule has 2 heterocycles. The van der Waals surface area contributed by atoms with Gasteiger partial charge in [-0.15, -0.1) is 44.0 Å². The van der Waals surface area contributed by atoms with Crippen LogP contribution in [-0.4, -0.2) is 46.3 Å². The van der Waals surface area contributed by atoms with Crippen molar-refractivity contribution in [2.75, 3.05) is 25.7 Å². The first-order chi connectivity index (χ1) is 34.5. The number of rotatable bonds is 17. The highest BCUT2D eigenvalue weighted by Crippen LogP contribution is 2.74. The fraction of sp³-hybridized carbons (Fsp3) is 0.160. The van der Waals surface area contributed by atoms with Gasteiger partial charge in [-0.1, -0.05) is 156 Å². The van der Waals surface area contributed by atoms with E-state index in [-0.39, 0.29) is 20.6 Å². The van der Waals surface area contributed by atoms with Crippen molar-refractivity contribution in [3.05, 3.63) is 200 Å². The summed E-state index contributed by atoms with van der Waals surface area (Å²) in [5.74, 6) is 1.18. The first kappa shape index (κ1) is 58.2. The molecule has 2 atom stereocenters. The second-order valence-corrected chi connectivity index (χ2v) is 32.6. The second-order valence-electron chi connectivity index (χ2n) is 14.9. The van der Waals surface area contributed by atoms with Gasteiger partial charge in [0.2, 0.25) is 0 Å². The van der Waals surface area contributed by atoms with Crippen LogP contribution < -0.4 is 69.1 Å². The molecule has 0 aromatic heterocycles. The molecule has 0 saturated carbocycles. The third kappa shape index (κ3) is 15.3. The lowest BCUT2D eigenvalue weighted by Crippen LogP contribution is -2.68. The van der Waals surface area contributed by atoms with Gasteiger partial charge in [-0.05, 0) is 97.1 Å². The molecule has 2 aliphatic heterocycles. The van der Waals surface area contributed by atoms with Crippen molar-refractivity contribution < 1.29 is 76.8 Å². The molecule has 0 fully saturated rings. The number of hydrogen-bond donors (Lipinski definition) is 0. The fourth-order valence-electron chi connectivity index (χ4n) is 7.74. The Labute approximate surface area is 449 Å². The van der Waals surface area contributed by atoms with E-state index in [0.717, 1.165) is 32.8 Å². The smallest absolute Gasteiger partial charge is 0.346 e. The Morgan fingerprint density at radius 2 is 0.625 bits per heavy atom. The van der Waals surface area contributed by atoms with Crippen LogP contribution in [0.3, 0.4) is 0 Å². The van der Waals surface area contributed by atoms with Gasteiger partial charge < -0.3 is 9.47 Å². The molecular formula is C50H46Cl2O12P2S6. The number of carbonyl (C=O) groups is 2. The number of carbonyl (C=O) groups excluding carboxylic acids is 2. The summed E-state index contributed by atoms with van der Waals surface area (Å²) in [5, 5.41) is 7.73. The Morgan fingerprint density at radius 1 is 0.417 bits per heavy atom. The Kier molecular flexibility index (Phi) is 22.4. The Morgan fingerprint density at radius 3 is 0.819 bits per heavy atom. The van der Waals surface area contributed by atoms with Crippen molar-refractivity contribution in [1.29, 1.82) is 0 Å². The molecule has 22 heteroatoms. The van der Waals surface area contributed by atoms with Crippen LogP contribution in [0.4, 0.5) is 0 Å². The van der Waals surface area contributed by atoms with Crippen molar-refractivity contribution >= 4 is 129 Å². The van der Waals surface area contributed by atoms with Crippen LogP contribution in [0.1, 0.15) is 12.8 Å². The molecule has 72 heavy (non-hydrogen) atoms. The molecule has 12 nitrogen and oxygen atoms in total. The molecule has 0 amide bonds. The largest absolute Gasteiger partial charge is 0.465 e. The summed E-state index contributed by atoms with van der Waals surface area (Å²) in [6.07, 6.45) is 1.91. The van der Waals surface area contributed by atoms with Crippen LogP contribution in [-0.2, 0) is 19.1 Å². The lowest BCUT2D eigenvalue weighted by molar-refractivity contribution is -2.00. The van der Waals surface area contributed by atoms with Gasteiger partial charge in [-0.2, -0.15) is 0 Å². The number of hydrogen-bond acceptors (Lipinski definition) is 18. The highest BCUT2D eigenvalue weighted by molar-refractivity contribution is 8.40. The van der Waals surface area contributed by atoms with E-state index in [2.05, 4.69) is 182 Å². The summed E-state index contributed by atoms with van der Waals surface area (Å²) >= 11 is 10.5. The van der Waals surface area contributed by atoms with Gasteiger partial charge in [-0.3, -0.25) is 0 Å². The number of thioether (sulfide) groups is 6. The van der Waals surface area contributed by atoms with Gasteiger partial charge >= 0.3 is 11.9 Å². The van der Waals surface area contributed by atoms with Crippen LogP contribution in [0, 0.1) is 20.5 Å². The molecule has 2 unspecified atom stereocenters. The van der Waals surface area contributed by atoms with Crippen LogP contribution >= 0.6 is 85.1 Å². The molecule has 2 aliphatic rings. The molecule has 0 spiro atoms. The molecule has 0 aliphatic carbocycles. The number of esters is 2. The maximum Gasteiger partial charge on any atom is 0.346 e. The third-order valence-corrected chi connectivity index (χ3v) is 31.3. The zero-order valence-corrected chi connectivity index (χ0v) is 46.5. The number of unbranched alkanes of at least 4 members (excludes halogenated alkanes) is 1. The first-order valence-corrected chi connectivity index (χ1v) is 33.1. The fourth-order valence-corrected chi connectivity index (χ4v) is 31.4. The van der Waals surface area contributed by atoms with Crippen LogP contribution in [0.15, 0.2) is 200 Å². The Hall–Kier alpha value is -3.04. The predicted octanol–water partition coefficient (Wildman–Crippen LogP) is 1.92. The quantitative estimate of drug-likeness (QED) is 0.0721. The summed E-state index contributed by atoms with van der Waals surface area (Å²) in [7, 11) is -11.5. The maximum absolute atomic E-state index is 13.5. The van der Waals surface area contributed by atoms with Gasteiger partial charge in [0.05, 0.1) is 22.7 Å². The first-order valence-electron chi connectivity index (χ1n) is 21.4. The average molecular weight is 1160 g/mol. The van der Waals surface area contributed by atoms with Crippen molar-refractivity contribution in [2.45, 2.75) is 21.5 Å². The predicted molar refractivity (Wildman–Crippen MR) is 280 cm³/mol. The number of ether oxygens (including phenoxy) is 2. The van der Waals surface area contributed by atoms with Crippen molar-refractivity contribution in [3.63, 3.8) is 0 Å². The Bertz CT molecular complexity index is 2340. The van der Waals surface area contributed by atoms with Gasteiger partial charge in [-0.25, -0.2) is 46.9 Å². The van der Waals surface area contributed by atoms with E-state index in [1.807, 2.05) is 23.5 Å². The van der Waals surface area contributed by atoms with Crippen molar-refractivity contribution in [3.8, 4) is 0 Å². The topological polar surface area (TPSA) is 237 Å². The summed E-state index contributed by atoms with van der Waals surface area (Å²) in [6.45, 7) is 0. The minimum absolute atomic E-state index is 0.0491. The summed E-state index contributed by atoms with van der Waals surface area (Å²) < 4.78 is 81.0. The van der Waals surface area contributed by atoms with Crippen LogP contribution in [0.2, 0.25) is 0 Å². The lowest BCUT2D eigenvalue weighted by atomic mass is 10.4. The summed E-state index contributed by atoms with van der Waals surface area (Å²) in [5.41, 5.74) is 0. The van der Waals surface area contributed by atoms with Gasteiger partial charge in [0, 0.05) is 0 Å². The number of halogens is 2. The molecule has 0 N–H and O–H groups in total.